The van der Waals surface area contributed by atoms with E-state index in [-0.39, 0.29) is 12.1 Å². The zero-order chi connectivity index (χ0) is 22.0. The van der Waals surface area contributed by atoms with Gasteiger partial charge in [0.15, 0.2) is 11.5 Å². The number of carboxylic acid groups (broad SMARTS) is 1. The highest BCUT2D eigenvalue weighted by Gasteiger charge is 2.26. The molecule has 0 saturated heterocycles. The standard InChI is InChI=1S/C21H34FNO2.CH3NO2/c1-6-16(13-21(2,3)8-9-22)14-23-10-7-17-11-19(24-4)20(25-5)12-18(17)15-23;2-1(3)4/h11-12,16H,6-10,13-15H2,1-5H3;2H2,(H,3,4). The second-order valence-electron chi connectivity index (χ2n) is 8.38. The minimum Gasteiger partial charge on any atom is -0.493 e. The Balaban J connectivity index is 0.000000960. The summed E-state index contributed by atoms with van der Waals surface area (Å²) in [5, 5.41) is 7.19. The molecule has 0 spiro atoms. The molecule has 2 rings (SSSR count). The highest BCUT2D eigenvalue weighted by atomic mass is 19.1. The van der Waals surface area contributed by atoms with Gasteiger partial charge in [-0.05, 0) is 53.9 Å². The predicted octanol–water partition coefficient (Wildman–Crippen LogP) is 4.49. The molecule has 6 nitrogen and oxygen atoms in total. The van der Waals surface area contributed by atoms with Gasteiger partial charge in [-0.15, -0.1) is 0 Å². The normalized spacial score (nSPS) is 15.0. The number of fused-ring (bicyclic) bond motifs is 1. The fourth-order valence-electron chi connectivity index (χ4n) is 3.94. The van der Waals surface area contributed by atoms with Gasteiger partial charge in [0.1, 0.15) is 0 Å². The van der Waals surface area contributed by atoms with E-state index in [1.165, 1.54) is 11.1 Å². The van der Waals surface area contributed by atoms with Crippen molar-refractivity contribution in [2.24, 2.45) is 17.1 Å². The van der Waals surface area contributed by atoms with Crippen molar-refractivity contribution in [2.45, 2.75) is 53.0 Å². The van der Waals surface area contributed by atoms with Crippen molar-refractivity contribution in [1.82, 2.24) is 4.90 Å². The molecule has 0 aliphatic carbocycles. The number of hydrogen-bond acceptors (Lipinski definition) is 4. The summed E-state index contributed by atoms with van der Waals surface area (Å²) in [7, 11) is 3.37. The zero-order valence-electron chi connectivity index (χ0n) is 18.5. The summed E-state index contributed by atoms with van der Waals surface area (Å²) < 4.78 is 23.6. The third-order valence-corrected chi connectivity index (χ3v) is 5.50. The molecule has 0 saturated carbocycles. The van der Waals surface area contributed by atoms with E-state index in [4.69, 9.17) is 19.4 Å². The average molecular weight is 413 g/mol. The first-order valence-electron chi connectivity index (χ1n) is 10.2. The largest absolute Gasteiger partial charge is 0.493 e. The number of alkyl halides is 1. The third-order valence-electron chi connectivity index (χ3n) is 5.50. The van der Waals surface area contributed by atoms with Crippen LogP contribution in [-0.2, 0) is 13.0 Å². The fraction of sp³-hybridized carbons (Fsp3) is 0.682. The molecule has 0 radical (unpaired) electrons. The topological polar surface area (TPSA) is 85.0 Å². The number of halogens is 1. The van der Waals surface area contributed by atoms with E-state index in [0.717, 1.165) is 50.4 Å². The van der Waals surface area contributed by atoms with E-state index in [2.05, 4.69) is 43.5 Å². The smallest absolute Gasteiger partial charge is 0.402 e. The van der Waals surface area contributed by atoms with Crippen LogP contribution in [0.25, 0.3) is 0 Å². The average Bonchev–Trinajstić information content (AvgIpc) is 2.65. The van der Waals surface area contributed by atoms with Gasteiger partial charge >= 0.3 is 6.09 Å². The molecule has 1 unspecified atom stereocenters. The quantitative estimate of drug-likeness (QED) is 0.624. The Labute approximate surface area is 174 Å². The lowest BCUT2D eigenvalue weighted by atomic mass is 9.79. The zero-order valence-corrected chi connectivity index (χ0v) is 18.5. The van der Waals surface area contributed by atoms with Crippen molar-refractivity contribution in [3.05, 3.63) is 23.3 Å². The molecule has 0 aromatic heterocycles. The lowest BCUT2D eigenvalue weighted by Gasteiger charge is -2.35. The summed E-state index contributed by atoms with van der Waals surface area (Å²) in [6, 6.07) is 4.24. The van der Waals surface area contributed by atoms with Gasteiger partial charge in [0, 0.05) is 19.6 Å². The Hall–Kier alpha value is -2.02. The maximum Gasteiger partial charge on any atom is 0.402 e. The molecular formula is C22H37FN2O4. The van der Waals surface area contributed by atoms with Gasteiger partial charge in [-0.1, -0.05) is 27.2 Å². The van der Waals surface area contributed by atoms with Gasteiger partial charge in [-0.2, -0.15) is 0 Å². The van der Waals surface area contributed by atoms with Gasteiger partial charge < -0.3 is 20.3 Å². The molecule has 166 valence electrons. The van der Waals surface area contributed by atoms with Crippen molar-refractivity contribution in [3.8, 4) is 11.5 Å². The van der Waals surface area contributed by atoms with E-state index in [0.29, 0.717) is 12.3 Å². The molecule has 29 heavy (non-hydrogen) atoms. The maximum absolute atomic E-state index is 12.8. The van der Waals surface area contributed by atoms with Crippen molar-refractivity contribution in [3.63, 3.8) is 0 Å². The Kier molecular flexibility index (Phi) is 10.2. The Bertz CT molecular complexity index is 648. The molecule has 1 aliphatic heterocycles. The first-order chi connectivity index (χ1) is 13.6. The minimum atomic E-state index is -1.33. The summed E-state index contributed by atoms with van der Waals surface area (Å²) in [4.78, 5) is 11.3. The number of amides is 1. The lowest BCUT2D eigenvalue weighted by Crippen LogP contribution is -2.36. The van der Waals surface area contributed by atoms with Gasteiger partial charge in [0.25, 0.3) is 0 Å². The van der Waals surface area contributed by atoms with E-state index in [1.807, 2.05) is 0 Å². The number of benzene rings is 1. The number of nitrogens with two attached hydrogens (primary N) is 1. The number of nitrogens with zero attached hydrogens (tertiary/aromatic N) is 1. The van der Waals surface area contributed by atoms with E-state index in [1.54, 1.807) is 14.2 Å². The highest BCUT2D eigenvalue weighted by Crippen LogP contribution is 2.35. The fourth-order valence-corrected chi connectivity index (χ4v) is 3.94. The highest BCUT2D eigenvalue weighted by molar-refractivity contribution is 5.61. The second kappa shape index (κ2) is 11.9. The van der Waals surface area contributed by atoms with Crippen LogP contribution < -0.4 is 15.2 Å². The first-order valence-corrected chi connectivity index (χ1v) is 10.2. The SMILES string of the molecule is CCC(CN1CCc2cc(OC)c(OC)cc2C1)CC(C)(C)CCF.NC(=O)O. The summed E-state index contributed by atoms with van der Waals surface area (Å²) in [5.41, 5.74) is 6.81. The number of hydrogen-bond donors (Lipinski definition) is 2. The maximum atomic E-state index is 12.8. The van der Waals surface area contributed by atoms with Crippen molar-refractivity contribution in [2.75, 3.05) is 34.0 Å². The van der Waals surface area contributed by atoms with Crippen molar-refractivity contribution < 1.29 is 23.8 Å². The Morgan fingerprint density at radius 1 is 1.28 bits per heavy atom. The molecule has 1 aromatic rings. The van der Waals surface area contributed by atoms with Crippen LogP contribution in [0.2, 0.25) is 0 Å². The Morgan fingerprint density at radius 2 is 1.83 bits per heavy atom. The van der Waals surface area contributed by atoms with Gasteiger partial charge in [-0.25, -0.2) is 4.79 Å². The van der Waals surface area contributed by atoms with Crippen LogP contribution in [0, 0.1) is 11.3 Å². The predicted molar refractivity (Wildman–Crippen MR) is 114 cm³/mol. The van der Waals surface area contributed by atoms with E-state index >= 15 is 0 Å². The molecule has 1 atom stereocenters. The van der Waals surface area contributed by atoms with Gasteiger partial charge in [0.05, 0.1) is 20.9 Å². The molecule has 3 N–H and O–H groups in total. The second-order valence-corrected chi connectivity index (χ2v) is 8.38. The molecule has 0 bridgehead atoms. The number of methoxy groups -OCH3 is 2. The van der Waals surface area contributed by atoms with E-state index in [9.17, 15) is 4.39 Å². The van der Waals surface area contributed by atoms with Crippen LogP contribution in [0.15, 0.2) is 12.1 Å². The molecule has 1 amide bonds. The van der Waals surface area contributed by atoms with Gasteiger partial charge in [0.2, 0.25) is 0 Å². The van der Waals surface area contributed by atoms with Crippen LogP contribution in [0.1, 0.15) is 51.2 Å². The molecule has 1 aromatic carbocycles. The summed E-state index contributed by atoms with van der Waals surface area (Å²) in [5.74, 6) is 2.23. The Morgan fingerprint density at radius 3 is 2.31 bits per heavy atom. The number of ether oxygens (including phenoxy) is 2. The van der Waals surface area contributed by atoms with Crippen LogP contribution in [0.4, 0.5) is 9.18 Å². The van der Waals surface area contributed by atoms with Crippen molar-refractivity contribution in [1.29, 1.82) is 0 Å². The van der Waals surface area contributed by atoms with Crippen LogP contribution >= 0.6 is 0 Å². The number of rotatable bonds is 9. The molecule has 1 heterocycles. The number of primary amides is 1. The van der Waals surface area contributed by atoms with E-state index < -0.39 is 6.09 Å². The molecule has 0 fully saturated rings. The molecule has 7 heteroatoms. The van der Waals surface area contributed by atoms with Crippen molar-refractivity contribution >= 4 is 6.09 Å². The monoisotopic (exact) mass is 412 g/mol. The minimum absolute atomic E-state index is 0.0830. The number of carbonyl (C=O) groups is 1. The van der Waals surface area contributed by atoms with Gasteiger partial charge in [-0.3, -0.25) is 9.29 Å². The molecule has 1 aliphatic rings. The summed E-state index contributed by atoms with van der Waals surface area (Å²) in [6.45, 7) is 9.53. The molecular weight excluding hydrogens is 375 g/mol. The van der Waals surface area contributed by atoms with Crippen LogP contribution in [0.5, 0.6) is 11.5 Å². The third kappa shape index (κ3) is 8.48. The van der Waals surface area contributed by atoms with Crippen LogP contribution in [-0.4, -0.2) is 50.1 Å². The summed E-state index contributed by atoms with van der Waals surface area (Å²) >= 11 is 0. The van der Waals surface area contributed by atoms with Crippen LogP contribution in [0.3, 0.4) is 0 Å². The first kappa shape index (κ1) is 25.0. The summed E-state index contributed by atoms with van der Waals surface area (Å²) in [6.07, 6.45) is 2.59. The lowest BCUT2D eigenvalue weighted by molar-refractivity contribution is 0.157.